The highest BCUT2D eigenvalue weighted by atomic mass is 16.2. The van der Waals surface area contributed by atoms with Crippen molar-refractivity contribution in [2.24, 2.45) is 0 Å². The number of carbonyl (C=O) groups excluding carboxylic acids is 2. The molecule has 0 saturated carbocycles. The van der Waals surface area contributed by atoms with Gasteiger partial charge in [-0.15, -0.1) is 0 Å². The Morgan fingerprint density at radius 1 is 1.11 bits per heavy atom. The van der Waals surface area contributed by atoms with Crippen LogP contribution in [0.4, 0.5) is 10.5 Å². The molecule has 148 valence electrons. The molecular formula is C22H28N4O2. The van der Waals surface area contributed by atoms with Gasteiger partial charge in [0.25, 0.3) is 5.91 Å². The van der Waals surface area contributed by atoms with E-state index in [0.29, 0.717) is 17.8 Å². The molecule has 0 radical (unpaired) electrons. The van der Waals surface area contributed by atoms with Gasteiger partial charge in [0, 0.05) is 44.0 Å². The lowest BCUT2D eigenvalue weighted by Gasteiger charge is -2.33. The number of hydrogen-bond acceptors (Lipinski definition) is 3. The van der Waals surface area contributed by atoms with Gasteiger partial charge < -0.3 is 16.0 Å². The third-order valence-corrected chi connectivity index (χ3v) is 5.40. The SMILES string of the molecule is CNC(=O)c1cccc(NC(=O)NCC(C)N2CCc3ccccc3C2)c1C. The fourth-order valence-electron chi connectivity index (χ4n) is 3.58. The molecule has 1 unspecified atom stereocenters. The summed E-state index contributed by atoms with van der Waals surface area (Å²) in [6.07, 6.45) is 1.04. The molecule has 2 aromatic carbocycles. The number of hydrogen-bond donors (Lipinski definition) is 3. The molecule has 0 saturated heterocycles. The summed E-state index contributed by atoms with van der Waals surface area (Å²) in [4.78, 5) is 26.7. The van der Waals surface area contributed by atoms with E-state index >= 15 is 0 Å². The smallest absolute Gasteiger partial charge is 0.319 e. The van der Waals surface area contributed by atoms with E-state index in [9.17, 15) is 9.59 Å². The average Bonchev–Trinajstić information content (AvgIpc) is 2.72. The van der Waals surface area contributed by atoms with E-state index in [2.05, 4.69) is 52.0 Å². The molecule has 2 aromatic rings. The molecular weight excluding hydrogens is 352 g/mol. The van der Waals surface area contributed by atoms with Gasteiger partial charge in [0.05, 0.1) is 0 Å². The second kappa shape index (κ2) is 8.89. The van der Waals surface area contributed by atoms with Gasteiger partial charge in [-0.3, -0.25) is 9.69 Å². The predicted molar refractivity (Wildman–Crippen MR) is 112 cm³/mol. The Labute approximate surface area is 166 Å². The molecule has 1 heterocycles. The minimum Gasteiger partial charge on any atom is -0.355 e. The van der Waals surface area contributed by atoms with Crippen molar-refractivity contribution >= 4 is 17.6 Å². The Balaban J connectivity index is 1.54. The third-order valence-electron chi connectivity index (χ3n) is 5.40. The number of anilines is 1. The van der Waals surface area contributed by atoms with Crippen LogP contribution in [0, 0.1) is 6.92 Å². The number of urea groups is 1. The molecule has 1 aliphatic rings. The van der Waals surface area contributed by atoms with Crippen LogP contribution in [0.5, 0.6) is 0 Å². The number of carbonyl (C=O) groups is 2. The summed E-state index contributed by atoms with van der Waals surface area (Å²) >= 11 is 0. The van der Waals surface area contributed by atoms with Crippen molar-refractivity contribution in [1.29, 1.82) is 0 Å². The second-order valence-electron chi connectivity index (χ2n) is 7.23. The Morgan fingerprint density at radius 3 is 2.61 bits per heavy atom. The molecule has 0 fully saturated rings. The average molecular weight is 380 g/mol. The van der Waals surface area contributed by atoms with Gasteiger partial charge in [-0.2, -0.15) is 0 Å². The van der Waals surface area contributed by atoms with Gasteiger partial charge in [0.2, 0.25) is 0 Å². The molecule has 0 aliphatic carbocycles. The van der Waals surface area contributed by atoms with E-state index in [1.54, 1.807) is 25.2 Å². The van der Waals surface area contributed by atoms with Crippen molar-refractivity contribution < 1.29 is 9.59 Å². The molecule has 0 aromatic heterocycles. The maximum atomic E-state index is 12.4. The summed E-state index contributed by atoms with van der Waals surface area (Å²) < 4.78 is 0. The summed E-state index contributed by atoms with van der Waals surface area (Å²) in [6.45, 7) is 6.42. The molecule has 6 nitrogen and oxygen atoms in total. The highest BCUT2D eigenvalue weighted by molar-refractivity contribution is 5.98. The maximum Gasteiger partial charge on any atom is 0.319 e. The number of rotatable bonds is 5. The lowest BCUT2D eigenvalue weighted by atomic mass is 9.99. The number of nitrogens with one attached hydrogen (secondary N) is 3. The minimum atomic E-state index is -0.263. The zero-order valence-electron chi connectivity index (χ0n) is 16.7. The van der Waals surface area contributed by atoms with E-state index in [1.807, 2.05) is 6.92 Å². The van der Waals surface area contributed by atoms with E-state index in [-0.39, 0.29) is 18.0 Å². The van der Waals surface area contributed by atoms with E-state index in [4.69, 9.17) is 0 Å². The van der Waals surface area contributed by atoms with Crippen LogP contribution >= 0.6 is 0 Å². The summed E-state index contributed by atoms with van der Waals surface area (Å²) in [7, 11) is 1.59. The van der Waals surface area contributed by atoms with Gasteiger partial charge in [-0.1, -0.05) is 30.3 Å². The van der Waals surface area contributed by atoms with Crippen molar-refractivity contribution in [3.05, 3.63) is 64.7 Å². The van der Waals surface area contributed by atoms with Crippen molar-refractivity contribution in [1.82, 2.24) is 15.5 Å². The first-order valence-corrected chi connectivity index (χ1v) is 9.67. The number of benzene rings is 2. The van der Waals surface area contributed by atoms with Crippen LogP contribution in [0.25, 0.3) is 0 Å². The number of nitrogens with zero attached hydrogens (tertiary/aromatic N) is 1. The van der Waals surface area contributed by atoms with Crippen LogP contribution in [-0.2, 0) is 13.0 Å². The van der Waals surface area contributed by atoms with Crippen molar-refractivity contribution in [3.63, 3.8) is 0 Å². The van der Waals surface area contributed by atoms with Crippen molar-refractivity contribution in [2.45, 2.75) is 32.9 Å². The van der Waals surface area contributed by atoms with Gasteiger partial charge in [0.15, 0.2) is 0 Å². The van der Waals surface area contributed by atoms with E-state index in [1.165, 1.54) is 11.1 Å². The first kappa shape index (κ1) is 19.9. The summed E-state index contributed by atoms with van der Waals surface area (Å²) in [5.41, 5.74) is 4.73. The second-order valence-corrected chi connectivity index (χ2v) is 7.23. The summed E-state index contributed by atoms with van der Waals surface area (Å²) in [5, 5.41) is 8.42. The summed E-state index contributed by atoms with van der Waals surface area (Å²) in [5.74, 6) is -0.166. The minimum absolute atomic E-state index is 0.166. The predicted octanol–water partition coefficient (Wildman–Crippen LogP) is 2.92. The lowest BCUT2D eigenvalue weighted by molar-refractivity contribution is 0.0962. The van der Waals surface area contributed by atoms with Crippen molar-refractivity contribution in [3.8, 4) is 0 Å². The zero-order valence-corrected chi connectivity index (χ0v) is 16.7. The normalized spacial score (nSPS) is 14.7. The van der Waals surface area contributed by atoms with Crippen LogP contribution in [0.2, 0.25) is 0 Å². The number of amides is 3. The molecule has 28 heavy (non-hydrogen) atoms. The topological polar surface area (TPSA) is 73.5 Å². The highest BCUT2D eigenvalue weighted by Crippen LogP contribution is 2.20. The zero-order chi connectivity index (χ0) is 20.1. The Hall–Kier alpha value is -2.86. The first-order chi connectivity index (χ1) is 13.5. The van der Waals surface area contributed by atoms with Crippen molar-refractivity contribution in [2.75, 3.05) is 25.5 Å². The van der Waals surface area contributed by atoms with Crippen LogP contribution in [0.3, 0.4) is 0 Å². The fourth-order valence-corrected chi connectivity index (χ4v) is 3.58. The molecule has 3 amide bonds. The molecule has 0 spiro atoms. The van der Waals surface area contributed by atoms with E-state index < -0.39 is 0 Å². The Morgan fingerprint density at radius 2 is 1.86 bits per heavy atom. The molecule has 0 bridgehead atoms. The first-order valence-electron chi connectivity index (χ1n) is 9.67. The van der Waals surface area contributed by atoms with E-state index in [0.717, 1.165) is 25.1 Å². The molecule has 6 heteroatoms. The highest BCUT2D eigenvalue weighted by Gasteiger charge is 2.21. The monoisotopic (exact) mass is 380 g/mol. The lowest BCUT2D eigenvalue weighted by Crippen LogP contribution is -2.45. The Bertz CT molecular complexity index is 865. The van der Waals surface area contributed by atoms with Crippen LogP contribution in [0.1, 0.15) is 34.0 Å². The molecule has 1 aliphatic heterocycles. The standard InChI is InChI=1S/C22H28N4O2/c1-15(26-12-11-17-7-4-5-8-18(17)14-26)13-24-22(28)25-20-10-6-9-19(16(20)2)21(27)23-3/h4-10,15H,11-14H2,1-3H3,(H,23,27)(H2,24,25,28). The quantitative estimate of drug-likeness (QED) is 0.747. The number of fused-ring (bicyclic) bond motifs is 1. The van der Waals surface area contributed by atoms with Gasteiger partial charge in [-0.05, 0) is 49.1 Å². The maximum absolute atomic E-state index is 12.4. The van der Waals surface area contributed by atoms with Gasteiger partial charge >= 0.3 is 6.03 Å². The van der Waals surface area contributed by atoms with Gasteiger partial charge in [-0.25, -0.2) is 4.79 Å². The van der Waals surface area contributed by atoms with Crippen LogP contribution in [0.15, 0.2) is 42.5 Å². The Kier molecular flexibility index (Phi) is 6.31. The molecule has 1 atom stereocenters. The molecule has 3 rings (SSSR count). The van der Waals surface area contributed by atoms with Crippen LogP contribution in [-0.4, -0.2) is 43.0 Å². The van der Waals surface area contributed by atoms with Gasteiger partial charge in [0.1, 0.15) is 0 Å². The largest absolute Gasteiger partial charge is 0.355 e. The van der Waals surface area contributed by atoms with Crippen LogP contribution < -0.4 is 16.0 Å². The summed E-state index contributed by atoms with van der Waals surface area (Å²) in [6, 6.07) is 13.8. The fraction of sp³-hybridized carbons (Fsp3) is 0.364. The molecule has 3 N–H and O–H groups in total. The third kappa shape index (κ3) is 4.51.